The van der Waals surface area contributed by atoms with E-state index in [1.54, 1.807) is 12.1 Å². The molecule has 0 bridgehead atoms. The highest BCUT2D eigenvalue weighted by Gasteiger charge is 2.35. The molecule has 24 heavy (non-hydrogen) atoms. The number of hydrogen-bond donors (Lipinski definition) is 3. The molecular formula is C16H20N4O3S. The van der Waals surface area contributed by atoms with Crippen LogP contribution in [0.15, 0.2) is 35.0 Å². The molecule has 4 N–H and O–H groups in total. The molecule has 8 heteroatoms. The Balaban J connectivity index is 1.79. The molecule has 0 aliphatic carbocycles. The van der Waals surface area contributed by atoms with Gasteiger partial charge in [-0.25, -0.2) is 0 Å². The summed E-state index contributed by atoms with van der Waals surface area (Å²) in [6, 6.07) is 6.62. The van der Waals surface area contributed by atoms with Gasteiger partial charge in [-0.3, -0.25) is 9.59 Å². The fourth-order valence-corrected chi connectivity index (χ4v) is 3.63. The van der Waals surface area contributed by atoms with Crippen LogP contribution in [-0.4, -0.2) is 48.3 Å². The zero-order chi connectivity index (χ0) is 17.1. The van der Waals surface area contributed by atoms with Gasteiger partial charge in [-0.15, -0.1) is 0 Å². The van der Waals surface area contributed by atoms with E-state index in [9.17, 15) is 9.59 Å². The van der Waals surface area contributed by atoms with Gasteiger partial charge in [-0.2, -0.15) is 0 Å². The highest BCUT2D eigenvalue weighted by molar-refractivity contribution is 8.17. The van der Waals surface area contributed by atoms with Crippen molar-refractivity contribution in [3.05, 3.63) is 35.0 Å². The second kappa shape index (κ2) is 7.25. The number of anilines is 2. The number of carbonyl (C=O) groups excluding carboxylic acids is 2. The average Bonchev–Trinajstić information content (AvgIpc) is 2.85. The quantitative estimate of drug-likeness (QED) is 0.751. The number of rotatable bonds is 4. The molecule has 0 spiro atoms. The van der Waals surface area contributed by atoms with Gasteiger partial charge < -0.3 is 26.0 Å². The number of carbonyl (C=O) groups is 2. The van der Waals surface area contributed by atoms with Crippen molar-refractivity contribution >= 4 is 34.2 Å². The molecule has 1 aromatic carbocycles. The topological polar surface area (TPSA) is 96.7 Å². The van der Waals surface area contributed by atoms with Crippen molar-refractivity contribution in [1.82, 2.24) is 4.90 Å². The largest absolute Gasteiger partial charge is 0.378 e. The predicted octanol–water partition coefficient (Wildman–Crippen LogP) is 1.16. The molecule has 0 radical (unpaired) electrons. The molecule has 0 aromatic heterocycles. The molecule has 1 atom stereocenters. The Hall–Kier alpha value is -2.03. The molecule has 7 nitrogen and oxygen atoms in total. The maximum Gasteiger partial charge on any atom is 0.221 e. The van der Waals surface area contributed by atoms with Gasteiger partial charge in [0.1, 0.15) is 11.1 Å². The Kier molecular flexibility index (Phi) is 5.08. The number of thioether (sulfide) groups is 1. The van der Waals surface area contributed by atoms with Crippen LogP contribution >= 0.6 is 11.8 Å². The van der Waals surface area contributed by atoms with Crippen LogP contribution in [0.1, 0.15) is 6.92 Å². The number of ether oxygens (including phenoxy) is 1. The maximum atomic E-state index is 12.1. The van der Waals surface area contributed by atoms with Crippen molar-refractivity contribution in [3.63, 3.8) is 0 Å². The molecule has 1 saturated heterocycles. The minimum Gasteiger partial charge on any atom is -0.378 e. The first kappa shape index (κ1) is 16.8. The summed E-state index contributed by atoms with van der Waals surface area (Å²) in [6.45, 7) is 4.24. The third kappa shape index (κ3) is 3.72. The smallest absolute Gasteiger partial charge is 0.221 e. The molecule has 1 unspecified atom stereocenters. The van der Waals surface area contributed by atoms with Gasteiger partial charge in [0.25, 0.3) is 0 Å². The lowest BCUT2D eigenvalue weighted by molar-refractivity contribution is -0.114. The standard InChI is InChI=1S/C16H20N4O3S/c1-10(21)18-11-2-4-12(5-3-11)19-14-13(17)16(22)24-15(14)20-6-8-23-9-7-20/h2-5,13,19H,6-9,17H2,1H3,(H,18,21). The Morgan fingerprint density at radius 2 is 1.88 bits per heavy atom. The summed E-state index contributed by atoms with van der Waals surface area (Å²) in [7, 11) is 0. The minimum absolute atomic E-state index is 0.0612. The monoisotopic (exact) mass is 348 g/mol. The molecule has 0 saturated carbocycles. The van der Waals surface area contributed by atoms with Gasteiger partial charge in [0.15, 0.2) is 0 Å². The van der Waals surface area contributed by atoms with Crippen LogP contribution < -0.4 is 16.4 Å². The van der Waals surface area contributed by atoms with Gasteiger partial charge in [-0.05, 0) is 36.0 Å². The summed E-state index contributed by atoms with van der Waals surface area (Å²) in [5.74, 6) is -0.118. The van der Waals surface area contributed by atoms with Crippen LogP contribution in [-0.2, 0) is 14.3 Å². The fourth-order valence-electron chi connectivity index (χ4n) is 2.59. The second-order valence-electron chi connectivity index (χ2n) is 5.60. The highest BCUT2D eigenvalue weighted by Crippen LogP contribution is 2.35. The number of nitrogens with zero attached hydrogens (tertiary/aromatic N) is 1. The van der Waals surface area contributed by atoms with Crippen LogP contribution in [0.3, 0.4) is 0 Å². The van der Waals surface area contributed by atoms with Gasteiger partial charge in [0, 0.05) is 31.4 Å². The van der Waals surface area contributed by atoms with E-state index in [2.05, 4.69) is 15.5 Å². The average molecular weight is 348 g/mol. The van der Waals surface area contributed by atoms with Crippen molar-refractivity contribution in [2.24, 2.45) is 5.73 Å². The van der Waals surface area contributed by atoms with E-state index in [-0.39, 0.29) is 11.0 Å². The first-order valence-corrected chi connectivity index (χ1v) is 8.55. The first-order chi connectivity index (χ1) is 11.5. The fraction of sp³-hybridized carbons (Fsp3) is 0.375. The molecule has 3 rings (SSSR count). The lowest BCUT2D eigenvalue weighted by Gasteiger charge is -2.30. The second-order valence-corrected chi connectivity index (χ2v) is 6.59. The van der Waals surface area contributed by atoms with Crippen molar-refractivity contribution in [3.8, 4) is 0 Å². The molecular weight excluding hydrogens is 328 g/mol. The van der Waals surface area contributed by atoms with Crippen molar-refractivity contribution in [1.29, 1.82) is 0 Å². The summed E-state index contributed by atoms with van der Waals surface area (Å²) in [4.78, 5) is 25.3. The molecule has 1 aromatic rings. The maximum absolute atomic E-state index is 12.1. The first-order valence-electron chi connectivity index (χ1n) is 7.73. The van der Waals surface area contributed by atoms with Crippen LogP contribution in [0.4, 0.5) is 11.4 Å². The van der Waals surface area contributed by atoms with E-state index in [4.69, 9.17) is 10.5 Å². The van der Waals surface area contributed by atoms with Gasteiger partial charge >= 0.3 is 0 Å². The number of morpholine rings is 1. The Bertz CT molecular complexity index is 668. The molecule has 2 heterocycles. The van der Waals surface area contributed by atoms with Gasteiger partial charge in [0.2, 0.25) is 11.0 Å². The van der Waals surface area contributed by atoms with Crippen LogP contribution in [0.25, 0.3) is 0 Å². The van der Waals surface area contributed by atoms with Gasteiger partial charge in [-0.1, -0.05) is 0 Å². The van der Waals surface area contributed by atoms with Crippen molar-refractivity contribution in [2.45, 2.75) is 13.0 Å². The predicted molar refractivity (Wildman–Crippen MR) is 94.4 cm³/mol. The molecule has 128 valence electrons. The third-order valence-corrected chi connectivity index (χ3v) is 4.90. The molecule has 1 amide bonds. The Labute approximate surface area is 144 Å². The third-order valence-electron chi connectivity index (χ3n) is 3.78. The number of nitrogens with two attached hydrogens (primary N) is 1. The zero-order valence-corrected chi connectivity index (χ0v) is 14.2. The summed E-state index contributed by atoms with van der Waals surface area (Å²) < 4.78 is 5.37. The number of benzene rings is 1. The Morgan fingerprint density at radius 1 is 1.25 bits per heavy atom. The van der Waals surface area contributed by atoms with Crippen molar-refractivity contribution < 1.29 is 14.3 Å². The molecule has 2 aliphatic heterocycles. The van der Waals surface area contributed by atoms with E-state index >= 15 is 0 Å². The van der Waals surface area contributed by atoms with Gasteiger partial charge in [0.05, 0.1) is 18.9 Å². The van der Waals surface area contributed by atoms with E-state index < -0.39 is 6.04 Å². The summed E-state index contributed by atoms with van der Waals surface area (Å²) in [5.41, 5.74) is 8.31. The minimum atomic E-state index is -0.664. The number of amides is 1. The summed E-state index contributed by atoms with van der Waals surface area (Å²) >= 11 is 1.19. The van der Waals surface area contributed by atoms with Crippen molar-refractivity contribution in [2.75, 3.05) is 36.9 Å². The number of hydrogen-bond acceptors (Lipinski definition) is 7. The van der Waals surface area contributed by atoms with E-state index in [1.807, 2.05) is 12.1 Å². The van der Waals surface area contributed by atoms with E-state index in [0.717, 1.165) is 35.2 Å². The Morgan fingerprint density at radius 3 is 2.50 bits per heavy atom. The summed E-state index contributed by atoms with van der Waals surface area (Å²) in [5, 5.41) is 6.80. The SMILES string of the molecule is CC(=O)Nc1ccc(NC2=C(N3CCOCC3)SC(=O)C2N)cc1. The normalized spacial score (nSPS) is 21.2. The molecule has 1 fully saturated rings. The lowest BCUT2D eigenvalue weighted by atomic mass is 10.2. The lowest BCUT2D eigenvalue weighted by Crippen LogP contribution is -2.36. The van der Waals surface area contributed by atoms with Crippen LogP contribution in [0, 0.1) is 0 Å². The molecule has 2 aliphatic rings. The zero-order valence-electron chi connectivity index (χ0n) is 13.4. The van der Waals surface area contributed by atoms with Crippen LogP contribution in [0.5, 0.6) is 0 Å². The van der Waals surface area contributed by atoms with E-state index in [0.29, 0.717) is 13.2 Å². The van der Waals surface area contributed by atoms with E-state index in [1.165, 1.54) is 18.7 Å². The highest BCUT2D eigenvalue weighted by atomic mass is 32.2. The number of nitrogens with one attached hydrogen (secondary N) is 2. The van der Waals surface area contributed by atoms with Crippen LogP contribution in [0.2, 0.25) is 0 Å². The summed E-state index contributed by atoms with van der Waals surface area (Å²) in [6.07, 6.45) is 0.